The molecule has 1 saturated carbocycles. The molecule has 1 radical (unpaired) electrons. The second-order valence-corrected chi connectivity index (χ2v) is 4.11. The molecule has 14 heavy (non-hydrogen) atoms. The average molecular weight is 187 g/mol. The lowest BCUT2D eigenvalue weighted by Crippen LogP contribution is -2.30. The molecule has 1 fully saturated rings. The van der Waals surface area contributed by atoms with E-state index in [1.165, 1.54) is 6.42 Å². The van der Waals surface area contributed by atoms with Crippen molar-refractivity contribution in [1.82, 2.24) is 0 Å². The van der Waals surface area contributed by atoms with Crippen LogP contribution in [0.4, 0.5) is 0 Å². The molecule has 0 atom stereocenters. The summed E-state index contributed by atoms with van der Waals surface area (Å²) in [6, 6.07) is 10.1. The number of hydrogen-bond donors (Lipinski definition) is 0. The van der Waals surface area contributed by atoms with Gasteiger partial charge in [0.1, 0.15) is 0 Å². The Bertz CT molecular complexity index is 296. The molecule has 0 unspecified atom stereocenters. The molecule has 0 N–H and O–H groups in total. The van der Waals surface area contributed by atoms with Crippen LogP contribution in [0.5, 0.6) is 0 Å². The van der Waals surface area contributed by atoms with Gasteiger partial charge >= 0.3 is 0 Å². The average Bonchev–Trinajstić information content (AvgIpc) is 2.31. The van der Waals surface area contributed by atoms with Gasteiger partial charge in [0.2, 0.25) is 6.29 Å². The first-order valence-corrected chi connectivity index (χ1v) is 5.32. The highest BCUT2D eigenvalue weighted by atomic mass is 16.1. The molecule has 1 nitrogen and oxygen atoms in total. The van der Waals surface area contributed by atoms with E-state index in [4.69, 9.17) is 0 Å². The maximum Gasteiger partial charge on any atom is 0.209 e. The van der Waals surface area contributed by atoms with Crippen LogP contribution in [0.3, 0.4) is 0 Å². The largest absolute Gasteiger partial charge is 0.290 e. The molecule has 1 heteroatoms. The van der Waals surface area contributed by atoms with Crippen molar-refractivity contribution in [3.05, 3.63) is 35.9 Å². The molecule has 73 valence electrons. The third kappa shape index (κ3) is 1.59. The summed E-state index contributed by atoms with van der Waals surface area (Å²) in [5.74, 6) is 0. The quantitative estimate of drug-likeness (QED) is 0.695. The van der Waals surface area contributed by atoms with Gasteiger partial charge in [0.25, 0.3) is 0 Å². The van der Waals surface area contributed by atoms with Crippen LogP contribution in [-0.4, -0.2) is 6.29 Å². The summed E-state index contributed by atoms with van der Waals surface area (Å²) in [6.07, 6.45) is 7.80. The van der Waals surface area contributed by atoms with Crippen molar-refractivity contribution in [2.24, 2.45) is 0 Å². The topological polar surface area (TPSA) is 17.1 Å². The number of benzene rings is 1. The van der Waals surface area contributed by atoms with E-state index in [1.54, 1.807) is 0 Å². The second-order valence-electron chi connectivity index (χ2n) is 4.11. The Morgan fingerprint density at radius 3 is 2.21 bits per heavy atom. The molecule has 0 aromatic heterocycles. The van der Waals surface area contributed by atoms with Crippen LogP contribution in [0.1, 0.15) is 37.7 Å². The van der Waals surface area contributed by atoms with E-state index in [-0.39, 0.29) is 5.41 Å². The van der Waals surface area contributed by atoms with Crippen LogP contribution in [-0.2, 0) is 10.2 Å². The van der Waals surface area contributed by atoms with Gasteiger partial charge in [-0.3, -0.25) is 4.79 Å². The molecule has 1 aliphatic carbocycles. The maximum atomic E-state index is 11.2. The van der Waals surface area contributed by atoms with Crippen LogP contribution in [0, 0.1) is 0 Å². The Balaban J connectivity index is 2.32. The SMILES string of the molecule is O=[C]C1(c2ccccc2)CCCCC1. The third-order valence-electron chi connectivity index (χ3n) is 3.23. The van der Waals surface area contributed by atoms with Crippen LogP contribution in [0.25, 0.3) is 0 Å². The highest BCUT2D eigenvalue weighted by Gasteiger charge is 2.34. The first-order chi connectivity index (χ1) is 6.87. The Morgan fingerprint density at radius 2 is 1.64 bits per heavy atom. The molecule has 2 rings (SSSR count). The number of carbonyl (C=O) groups excluding carboxylic acids is 1. The summed E-state index contributed by atoms with van der Waals surface area (Å²) in [6.45, 7) is 0. The predicted molar refractivity (Wildman–Crippen MR) is 56.9 cm³/mol. The highest BCUT2D eigenvalue weighted by Crippen LogP contribution is 2.37. The molecule has 1 aromatic rings. The van der Waals surface area contributed by atoms with Crippen molar-refractivity contribution < 1.29 is 4.79 Å². The van der Waals surface area contributed by atoms with Crippen LogP contribution in [0.2, 0.25) is 0 Å². The summed E-state index contributed by atoms with van der Waals surface area (Å²) in [5, 5.41) is 0. The number of rotatable bonds is 2. The molecule has 0 heterocycles. The Hall–Kier alpha value is -1.11. The Labute approximate surface area is 85.1 Å². The molecule has 0 aliphatic heterocycles. The molecule has 0 amide bonds. The summed E-state index contributed by atoms with van der Waals surface area (Å²) < 4.78 is 0. The maximum absolute atomic E-state index is 11.2. The fourth-order valence-corrected chi connectivity index (χ4v) is 2.36. The van der Waals surface area contributed by atoms with Crippen molar-refractivity contribution >= 4 is 6.29 Å². The van der Waals surface area contributed by atoms with Crippen LogP contribution in [0.15, 0.2) is 30.3 Å². The highest BCUT2D eigenvalue weighted by molar-refractivity contribution is 5.69. The molecule has 1 aromatic carbocycles. The zero-order valence-corrected chi connectivity index (χ0v) is 8.33. The monoisotopic (exact) mass is 187 g/mol. The lowest BCUT2D eigenvalue weighted by atomic mass is 9.70. The predicted octanol–water partition coefficient (Wildman–Crippen LogP) is 3.00. The van der Waals surface area contributed by atoms with E-state index < -0.39 is 0 Å². The van der Waals surface area contributed by atoms with Gasteiger partial charge in [-0.25, -0.2) is 0 Å². The molecule has 0 bridgehead atoms. The molecule has 0 saturated heterocycles. The Morgan fingerprint density at radius 1 is 1.00 bits per heavy atom. The van der Waals surface area contributed by atoms with E-state index in [0.29, 0.717) is 0 Å². The van der Waals surface area contributed by atoms with E-state index in [9.17, 15) is 4.79 Å². The van der Waals surface area contributed by atoms with Crippen molar-refractivity contribution in [3.8, 4) is 0 Å². The molecule has 0 spiro atoms. The van der Waals surface area contributed by atoms with Gasteiger partial charge in [-0.2, -0.15) is 0 Å². The number of hydrogen-bond acceptors (Lipinski definition) is 1. The zero-order chi connectivity index (χ0) is 9.86. The first-order valence-electron chi connectivity index (χ1n) is 5.32. The summed E-state index contributed by atoms with van der Waals surface area (Å²) >= 11 is 0. The first kappa shape index (κ1) is 9.45. The van der Waals surface area contributed by atoms with E-state index >= 15 is 0 Å². The van der Waals surface area contributed by atoms with Crippen molar-refractivity contribution in [2.45, 2.75) is 37.5 Å². The van der Waals surface area contributed by atoms with Gasteiger partial charge in [0, 0.05) is 0 Å². The van der Waals surface area contributed by atoms with Crippen LogP contribution >= 0.6 is 0 Å². The second kappa shape index (κ2) is 3.95. The zero-order valence-electron chi connectivity index (χ0n) is 8.33. The minimum atomic E-state index is -0.292. The van der Waals surface area contributed by atoms with Gasteiger partial charge in [-0.15, -0.1) is 0 Å². The van der Waals surface area contributed by atoms with Crippen molar-refractivity contribution in [1.29, 1.82) is 0 Å². The molecule has 1 aliphatic rings. The standard InChI is InChI=1S/C13H15O/c14-11-13(9-5-2-6-10-13)12-7-3-1-4-8-12/h1,3-4,7-8H,2,5-6,9-10H2. The fraction of sp³-hybridized carbons (Fsp3) is 0.462. The van der Waals surface area contributed by atoms with Crippen molar-refractivity contribution in [3.63, 3.8) is 0 Å². The normalized spacial score (nSPS) is 20.3. The smallest absolute Gasteiger partial charge is 0.209 e. The summed E-state index contributed by atoms with van der Waals surface area (Å²) in [4.78, 5) is 11.2. The van der Waals surface area contributed by atoms with Gasteiger partial charge < -0.3 is 0 Å². The Kier molecular flexibility index (Phi) is 2.67. The molecular weight excluding hydrogens is 172 g/mol. The van der Waals surface area contributed by atoms with Gasteiger partial charge in [0.15, 0.2) is 0 Å². The summed E-state index contributed by atoms with van der Waals surface area (Å²) in [7, 11) is 0. The third-order valence-corrected chi connectivity index (χ3v) is 3.23. The van der Waals surface area contributed by atoms with Crippen LogP contribution < -0.4 is 0 Å². The molecular formula is C13H15O. The summed E-state index contributed by atoms with van der Waals surface area (Å²) in [5.41, 5.74) is 0.856. The lowest BCUT2D eigenvalue weighted by molar-refractivity contribution is 0.361. The van der Waals surface area contributed by atoms with Gasteiger partial charge in [-0.1, -0.05) is 49.6 Å². The lowest BCUT2D eigenvalue weighted by Gasteiger charge is -2.31. The fourth-order valence-electron chi connectivity index (χ4n) is 2.36. The minimum Gasteiger partial charge on any atom is -0.290 e. The van der Waals surface area contributed by atoms with E-state index in [0.717, 1.165) is 31.2 Å². The minimum absolute atomic E-state index is 0.292. The van der Waals surface area contributed by atoms with Gasteiger partial charge in [-0.05, 0) is 18.4 Å². The van der Waals surface area contributed by atoms with E-state index in [1.807, 2.05) is 18.2 Å². The van der Waals surface area contributed by atoms with E-state index in [2.05, 4.69) is 18.4 Å². The van der Waals surface area contributed by atoms with Gasteiger partial charge in [0.05, 0.1) is 5.41 Å². The van der Waals surface area contributed by atoms with Crippen molar-refractivity contribution in [2.75, 3.05) is 0 Å².